The van der Waals surface area contributed by atoms with Gasteiger partial charge in [0.25, 0.3) is 0 Å². The van der Waals surface area contributed by atoms with Crippen LogP contribution in [0.1, 0.15) is 26.2 Å². The Balaban J connectivity index is 1.54. The molecular weight excluding hydrogens is 314 g/mol. The second kappa shape index (κ2) is 11.9. The van der Waals surface area contributed by atoms with Gasteiger partial charge in [-0.05, 0) is 45.8 Å². The second-order valence-electron chi connectivity index (χ2n) is 6.66. The molecule has 0 amide bonds. The molecule has 142 valence electrons. The minimum Gasteiger partial charge on any atom is -0.357 e. The number of nitrogens with zero attached hydrogens (tertiary/aromatic N) is 5. The largest absolute Gasteiger partial charge is 0.357 e. The number of aliphatic imine (C=N–C) groups is 1. The van der Waals surface area contributed by atoms with Crippen LogP contribution in [-0.2, 0) is 6.54 Å². The first-order valence-corrected chi connectivity index (χ1v) is 9.68. The highest BCUT2D eigenvalue weighted by Crippen LogP contribution is 2.01. The maximum atomic E-state index is 4.65. The number of nitrogens with one attached hydrogen (secondary N) is 2. The smallest absolute Gasteiger partial charge is 0.191 e. The Hall–Kier alpha value is -1.60. The molecule has 25 heavy (non-hydrogen) atoms. The summed E-state index contributed by atoms with van der Waals surface area (Å²) in [7, 11) is 2.21. The van der Waals surface area contributed by atoms with Gasteiger partial charge in [0.05, 0.1) is 0 Å². The first-order valence-electron chi connectivity index (χ1n) is 9.68. The summed E-state index contributed by atoms with van der Waals surface area (Å²) in [5.41, 5.74) is 0. The summed E-state index contributed by atoms with van der Waals surface area (Å²) < 4.78 is 1.95. The number of guanidine groups is 1. The fourth-order valence-corrected chi connectivity index (χ4v) is 2.94. The summed E-state index contributed by atoms with van der Waals surface area (Å²) in [6.07, 6.45) is 7.24. The highest BCUT2D eigenvalue weighted by molar-refractivity contribution is 5.79. The van der Waals surface area contributed by atoms with E-state index in [1.807, 2.05) is 23.1 Å². The average Bonchev–Trinajstić information content (AvgIpc) is 3.13. The minimum absolute atomic E-state index is 0.816. The van der Waals surface area contributed by atoms with E-state index in [0.29, 0.717) is 0 Å². The zero-order chi connectivity index (χ0) is 17.7. The summed E-state index contributed by atoms with van der Waals surface area (Å²) >= 11 is 0. The standard InChI is InChI=1S/C18H35N7/c1-3-19-18(21-9-6-12-25-13-7-10-22-25)20-8-4-5-11-24-16-14-23(2)15-17-24/h7,10,13H,3-6,8-9,11-12,14-17H2,1-2H3,(H2,19,20,21). The van der Waals surface area contributed by atoms with Crippen LogP contribution in [0.4, 0.5) is 0 Å². The van der Waals surface area contributed by atoms with Crippen LogP contribution in [0.25, 0.3) is 0 Å². The molecule has 2 rings (SSSR count). The van der Waals surface area contributed by atoms with Crippen molar-refractivity contribution < 1.29 is 0 Å². The molecule has 2 N–H and O–H groups in total. The molecule has 1 fully saturated rings. The van der Waals surface area contributed by atoms with E-state index in [-0.39, 0.29) is 0 Å². The number of likely N-dealkylation sites (N-methyl/N-ethyl adjacent to an activating group) is 1. The van der Waals surface area contributed by atoms with Crippen LogP contribution in [0, 0.1) is 0 Å². The third-order valence-corrected chi connectivity index (χ3v) is 4.51. The van der Waals surface area contributed by atoms with E-state index < -0.39 is 0 Å². The first-order chi connectivity index (χ1) is 12.3. The van der Waals surface area contributed by atoms with Gasteiger partial charge in [0, 0.05) is 64.8 Å². The topological polar surface area (TPSA) is 60.7 Å². The minimum atomic E-state index is 0.816. The van der Waals surface area contributed by atoms with E-state index in [4.69, 9.17) is 0 Å². The number of unbranched alkanes of at least 4 members (excludes halogenated alkanes) is 1. The maximum Gasteiger partial charge on any atom is 0.191 e. The van der Waals surface area contributed by atoms with Crippen molar-refractivity contribution in [2.75, 3.05) is 59.4 Å². The van der Waals surface area contributed by atoms with Crippen molar-refractivity contribution in [2.45, 2.75) is 32.7 Å². The first kappa shape index (κ1) is 19.7. The molecule has 1 saturated heterocycles. The molecule has 1 aliphatic heterocycles. The molecule has 0 atom stereocenters. The third-order valence-electron chi connectivity index (χ3n) is 4.51. The van der Waals surface area contributed by atoms with Crippen LogP contribution in [0.15, 0.2) is 23.5 Å². The van der Waals surface area contributed by atoms with Gasteiger partial charge in [0.1, 0.15) is 0 Å². The summed E-state index contributed by atoms with van der Waals surface area (Å²) in [6.45, 7) is 11.8. The fourth-order valence-electron chi connectivity index (χ4n) is 2.94. The molecule has 0 saturated carbocycles. The lowest BCUT2D eigenvalue weighted by molar-refractivity contribution is 0.152. The number of aromatic nitrogens is 2. The van der Waals surface area contributed by atoms with E-state index in [1.165, 1.54) is 45.6 Å². The van der Waals surface area contributed by atoms with Crippen molar-refractivity contribution >= 4 is 5.96 Å². The molecule has 1 aromatic heterocycles. The number of hydrogen-bond donors (Lipinski definition) is 2. The van der Waals surface area contributed by atoms with Gasteiger partial charge in [-0.15, -0.1) is 0 Å². The van der Waals surface area contributed by atoms with Crippen LogP contribution >= 0.6 is 0 Å². The fraction of sp³-hybridized carbons (Fsp3) is 0.778. The van der Waals surface area contributed by atoms with Crippen LogP contribution in [0.2, 0.25) is 0 Å². The van der Waals surface area contributed by atoms with Gasteiger partial charge in [-0.1, -0.05) is 0 Å². The SMILES string of the molecule is CCNC(=NCCCn1cccn1)NCCCCN1CCN(C)CC1. The molecule has 1 aliphatic rings. The summed E-state index contributed by atoms with van der Waals surface area (Å²) in [5, 5.41) is 11.0. The Morgan fingerprint density at radius 3 is 2.64 bits per heavy atom. The molecule has 7 heteroatoms. The highest BCUT2D eigenvalue weighted by atomic mass is 15.3. The Labute approximate surface area is 152 Å². The second-order valence-corrected chi connectivity index (χ2v) is 6.66. The van der Waals surface area contributed by atoms with Gasteiger partial charge >= 0.3 is 0 Å². The molecule has 0 bridgehead atoms. The molecule has 0 aliphatic carbocycles. The van der Waals surface area contributed by atoms with Gasteiger partial charge in [0.15, 0.2) is 5.96 Å². The van der Waals surface area contributed by atoms with Gasteiger partial charge in [-0.3, -0.25) is 9.67 Å². The monoisotopic (exact) mass is 349 g/mol. The van der Waals surface area contributed by atoms with E-state index in [1.54, 1.807) is 0 Å². The van der Waals surface area contributed by atoms with Crippen molar-refractivity contribution in [1.82, 2.24) is 30.2 Å². The summed E-state index contributed by atoms with van der Waals surface area (Å²) in [5.74, 6) is 0.933. The van der Waals surface area contributed by atoms with Gasteiger partial charge in [-0.25, -0.2) is 0 Å². The van der Waals surface area contributed by atoms with Crippen molar-refractivity contribution in [1.29, 1.82) is 0 Å². The zero-order valence-electron chi connectivity index (χ0n) is 16.0. The number of aryl methyl sites for hydroxylation is 1. The van der Waals surface area contributed by atoms with Crippen molar-refractivity contribution in [3.05, 3.63) is 18.5 Å². The maximum absolute atomic E-state index is 4.65. The van der Waals surface area contributed by atoms with E-state index in [2.05, 4.69) is 44.5 Å². The lowest BCUT2D eigenvalue weighted by Crippen LogP contribution is -2.44. The molecule has 0 unspecified atom stereocenters. The normalized spacial score (nSPS) is 17.0. The number of piperazine rings is 1. The lowest BCUT2D eigenvalue weighted by Gasteiger charge is -2.32. The molecule has 7 nitrogen and oxygen atoms in total. The van der Waals surface area contributed by atoms with Crippen molar-refractivity contribution in [3.8, 4) is 0 Å². The van der Waals surface area contributed by atoms with Crippen LogP contribution in [0.3, 0.4) is 0 Å². The molecular formula is C18H35N7. The summed E-state index contributed by atoms with van der Waals surface area (Å²) in [4.78, 5) is 9.63. The van der Waals surface area contributed by atoms with E-state index in [0.717, 1.165) is 38.6 Å². The zero-order valence-corrected chi connectivity index (χ0v) is 16.0. The van der Waals surface area contributed by atoms with Gasteiger partial charge in [0.2, 0.25) is 0 Å². The number of rotatable bonds is 10. The Kier molecular flexibility index (Phi) is 9.36. The Morgan fingerprint density at radius 2 is 1.92 bits per heavy atom. The molecule has 1 aromatic rings. The third kappa shape index (κ3) is 8.36. The van der Waals surface area contributed by atoms with Crippen molar-refractivity contribution in [3.63, 3.8) is 0 Å². The molecule has 0 aromatic carbocycles. The van der Waals surface area contributed by atoms with E-state index in [9.17, 15) is 0 Å². The Morgan fingerprint density at radius 1 is 1.08 bits per heavy atom. The highest BCUT2D eigenvalue weighted by Gasteiger charge is 2.12. The Bertz CT molecular complexity index is 464. The predicted molar refractivity (Wildman–Crippen MR) is 104 cm³/mol. The quantitative estimate of drug-likeness (QED) is 0.373. The molecule has 2 heterocycles. The number of hydrogen-bond acceptors (Lipinski definition) is 4. The lowest BCUT2D eigenvalue weighted by atomic mass is 10.2. The van der Waals surface area contributed by atoms with E-state index >= 15 is 0 Å². The van der Waals surface area contributed by atoms with Gasteiger partial charge < -0.3 is 20.4 Å². The average molecular weight is 350 g/mol. The van der Waals surface area contributed by atoms with Crippen molar-refractivity contribution in [2.24, 2.45) is 4.99 Å². The van der Waals surface area contributed by atoms with Crippen LogP contribution in [0.5, 0.6) is 0 Å². The van der Waals surface area contributed by atoms with Gasteiger partial charge in [-0.2, -0.15) is 5.10 Å². The van der Waals surface area contributed by atoms with Crippen LogP contribution in [-0.4, -0.2) is 84.9 Å². The van der Waals surface area contributed by atoms with Crippen LogP contribution < -0.4 is 10.6 Å². The summed E-state index contributed by atoms with van der Waals surface area (Å²) in [6, 6.07) is 1.96. The molecule has 0 radical (unpaired) electrons. The molecule has 0 spiro atoms. The predicted octanol–water partition coefficient (Wildman–Crippen LogP) is 0.856.